The molecule has 0 bridgehead atoms. The van der Waals surface area contributed by atoms with E-state index in [-0.39, 0.29) is 5.91 Å². The highest BCUT2D eigenvalue weighted by atomic mass is 16.1. The molecule has 0 aromatic carbocycles. The Kier molecular flexibility index (Phi) is 6.52. The molecule has 4 nitrogen and oxygen atoms in total. The predicted octanol–water partition coefficient (Wildman–Crippen LogP) is 0.572. The van der Waals surface area contributed by atoms with Crippen molar-refractivity contribution < 1.29 is 4.79 Å². The highest BCUT2D eigenvalue weighted by Gasteiger charge is 2.28. The molecule has 0 rings (SSSR count). The first-order valence-corrected chi connectivity index (χ1v) is 5.69. The van der Waals surface area contributed by atoms with Gasteiger partial charge in [0.1, 0.15) is 0 Å². The van der Waals surface area contributed by atoms with E-state index in [0.29, 0.717) is 0 Å². The molecule has 15 heavy (non-hydrogen) atoms. The largest absolute Gasteiger partial charge is 0.368 e. The lowest BCUT2D eigenvalue weighted by Gasteiger charge is -2.27. The number of carbonyl (C=O) groups excluding carboxylic acids is 1. The number of nitrogens with one attached hydrogen (secondary N) is 1. The van der Waals surface area contributed by atoms with Crippen molar-refractivity contribution >= 4 is 5.91 Å². The smallest absolute Gasteiger partial charge is 0.237 e. The molecular formula is C11H25N3O. The predicted molar refractivity (Wildman–Crippen MR) is 63.7 cm³/mol. The molecular weight excluding hydrogens is 190 g/mol. The summed E-state index contributed by atoms with van der Waals surface area (Å²) in [7, 11) is 2.08. The SMILES string of the molecule is CCNC(C)(CCCN(C)CC)C(N)=O. The molecule has 1 unspecified atom stereocenters. The lowest BCUT2D eigenvalue weighted by Crippen LogP contribution is -2.53. The van der Waals surface area contributed by atoms with E-state index < -0.39 is 5.54 Å². The Morgan fingerprint density at radius 3 is 2.47 bits per heavy atom. The van der Waals surface area contributed by atoms with Crippen LogP contribution in [0.25, 0.3) is 0 Å². The van der Waals surface area contributed by atoms with E-state index in [0.717, 1.165) is 32.5 Å². The van der Waals surface area contributed by atoms with Crippen molar-refractivity contribution in [2.45, 2.75) is 39.2 Å². The third kappa shape index (κ3) is 5.14. The van der Waals surface area contributed by atoms with Crippen molar-refractivity contribution in [1.82, 2.24) is 10.2 Å². The lowest BCUT2D eigenvalue weighted by molar-refractivity contribution is -0.124. The van der Waals surface area contributed by atoms with Gasteiger partial charge >= 0.3 is 0 Å². The Hall–Kier alpha value is -0.610. The fraction of sp³-hybridized carbons (Fsp3) is 0.909. The Bertz CT molecular complexity index is 196. The number of likely N-dealkylation sites (N-methyl/N-ethyl adjacent to an activating group) is 1. The van der Waals surface area contributed by atoms with Gasteiger partial charge in [0.2, 0.25) is 5.91 Å². The van der Waals surface area contributed by atoms with E-state index in [9.17, 15) is 4.79 Å². The molecule has 0 saturated carbocycles. The number of carbonyl (C=O) groups is 1. The molecule has 0 aliphatic carbocycles. The molecule has 0 aliphatic rings. The average molecular weight is 215 g/mol. The first-order valence-electron chi connectivity index (χ1n) is 5.69. The van der Waals surface area contributed by atoms with Gasteiger partial charge in [0.05, 0.1) is 5.54 Å². The molecule has 0 aromatic rings. The first-order chi connectivity index (χ1) is 6.96. The van der Waals surface area contributed by atoms with Crippen LogP contribution in [0.1, 0.15) is 33.6 Å². The van der Waals surface area contributed by atoms with E-state index in [1.807, 2.05) is 13.8 Å². The van der Waals surface area contributed by atoms with Gasteiger partial charge in [0.25, 0.3) is 0 Å². The topological polar surface area (TPSA) is 58.4 Å². The molecule has 1 atom stereocenters. The molecule has 0 aliphatic heterocycles. The average Bonchev–Trinajstić information content (AvgIpc) is 2.17. The Morgan fingerprint density at radius 1 is 1.47 bits per heavy atom. The van der Waals surface area contributed by atoms with Gasteiger partial charge in [-0.15, -0.1) is 0 Å². The molecule has 0 radical (unpaired) electrons. The number of nitrogens with zero attached hydrogens (tertiary/aromatic N) is 1. The Morgan fingerprint density at radius 2 is 2.07 bits per heavy atom. The minimum absolute atomic E-state index is 0.261. The van der Waals surface area contributed by atoms with E-state index in [1.54, 1.807) is 0 Å². The minimum atomic E-state index is -0.552. The number of hydrogen-bond donors (Lipinski definition) is 2. The molecule has 90 valence electrons. The van der Waals surface area contributed by atoms with Gasteiger partial charge in [-0.2, -0.15) is 0 Å². The van der Waals surface area contributed by atoms with Crippen LogP contribution in [-0.2, 0) is 4.79 Å². The number of primary amides is 1. The fourth-order valence-corrected chi connectivity index (χ4v) is 1.55. The molecule has 0 aromatic heterocycles. The molecule has 3 N–H and O–H groups in total. The second-order valence-corrected chi connectivity index (χ2v) is 4.23. The van der Waals surface area contributed by atoms with Crippen LogP contribution in [0, 0.1) is 0 Å². The maximum Gasteiger partial charge on any atom is 0.237 e. The van der Waals surface area contributed by atoms with Crippen LogP contribution in [0.5, 0.6) is 0 Å². The van der Waals surface area contributed by atoms with Gasteiger partial charge in [-0.3, -0.25) is 4.79 Å². The van der Waals surface area contributed by atoms with Crippen LogP contribution >= 0.6 is 0 Å². The van der Waals surface area contributed by atoms with E-state index in [2.05, 4.69) is 24.2 Å². The third-order valence-electron chi connectivity index (χ3n) is 2.87. The summed E-state index contributed by atoms with van der Waals surface area (Å²) in [6, 6.07) is 0. The Labute approximate surface area is 93.2 Å². The maximum atomic E-state index is 11.3. The standard InChI is InChI=1S/C11H25N3O/c1-5-13-11(3,10(12)15)8-7-9-14(4)6-2/h13H,5-9H2,1-4H3,(H2,12,15). The summed E-state index contributed by atoms with van der Waals surface area (Å²) in [5.41, 5.74) is 4.84. The van der Waals surface area contributed by atoms with Crippen molar-refractivity contribution in [3.8, 4) is 0 Å². The van der Waals surface area contributed by atoms with Crippen LogP contribution in [0.2, 0.25) is 0 Å². The second-order valence-electron chi connectivity index (χ2n) is 4.23. The third-order valence-corrected chi connectivity index (χ3v) is 2.87. The zero-order chi connectivity index (χ0) is 11.9. The normalized spacial score (nSPS) is 15.3. The van der Waals surface area contributed by atoms with Crippen LogP contribution in [0.4, 0.5) is 0 Å². The van der Waals surface area contributed by atoms with Gasteiger partial charge < -0.3 is 16.0 Å². The number of hydrogen-bond acceptors (Lipinski definition) is 3. The fourth-order valence-electron chi connectivity index (χ4n) is 1.55. The molecule has 0 heterocycles. The summed E-state index contributed by atoms with van der Waals surface area (Å²) >= 11 is 0. The first kappa shape index (κ1) is 14.4. The van der Waals surface area contributed by atoms with Crippen molar-refractivity contribution in [1.29, 1.82) is 0 Å². The van der Waals surface area contributed by atoms with Crippen LogP contribution in [0.3, 0.4) is 0 Å². The maximum absolute atomic E-state index is 11.3. The van der Waals surface area contributed by atoms with Crippen LogP contribution in [0.15, 0.2) is 0 Å². The van der Waals surface area contributed by atoms with E-state index in [4.69, 9.17) is 5.73 Å². The summed E-state index contributed by atoms with van der Waals surface area (Å²) in [6.45, 7) is 8.80. The van der Waals surface area contributed by atoms with Gasteiger partial charge in [-0.1, -0.05) is 13.8 Å². The van der Waals surface area contributed by atoms with Gasteiger partial charge in [-0.25, -0.2) is 0 Å². The zero-order valence-corrected chi connectivity index (χ0v) is 10.5. The van der Waals surface area contributed by atoms with Crippen LogP contribution in [-0.4, -0.2) is 43.0 Å². The van der Waals surface area contributed by atoms with Crippen LogP contribution < -0.4 is 11.1 Å². The van der Waals surface area contributed by atoms with Crippen molar-refractivity contribution in [2.24, 2.45) is 5.73 Å². The summed E-state index contributed by atoms with van der Waals surface area (Å²) in [4.78, 5) is 13.5. The Balaban J connectivity index is 4.02. The molecule has 0 saturated heterocycles. The molecule has 1 amide bonds. The summed E-state index contributed by atoms with van der Waals surface area (Å²) < 4.78 is 0. The van der Waals surface area contributed by atoms with E-state index >= 15 is 0 Å². The quantitative estimate of drug-likeness (QED) is 0.622. The summed E-state index contributed by atoms with van der Waals surface area (Å²) in [5, 5.41) is 3.16. The minimum Gasteiger partial charge on any atom is -0.368 e. The molecule has 0 fully saturated rings. The van der Waals surface area contributed by atoms with Crippen molar-refractivity contribution in [3.63, 3.8) is 0 Å². The summed E-state index contributed by atoms with van der Waals surface area (Å²) in [5.74, 6) is -0.261. The van der Waals surface area contributed by atoms with Crippen molar-refractivity contribution in [3.05, 3.63) is 0 Å². The number of nitrogens with two attached hydrogens (primary N) is 1. The molecule has 4 heteroatoms. The second kappa shape index (κ2) is 6.80. The van der Waals surface area contributed by atoms with Crippen molar-refractivity contribution in [2.75, 3.05) is 26.7 Å². The van der Waals surface area contributed by atoms with E-state index in [1.165, 1.54) is 0 Å². The van der Waals surface area contributed by atoms with Gasteiger partial charge in [0, 0.05) is 0 Å². The monoisotopic (exact) mass is 215 g/mol. The molecule has 0 spiro atoms. The highest BCUT2D eigenvalue weighted by Crippen LogP contribution is 2.11. The van der Waals surface area contributed by atoms with Gasteiger partial charge in [0.15, 0.2) is 0 Å². The number of amides is 1. The summed E-state index contributed by atoms with van der Waals surface area (Å²) in [6.07, 6.45) is 1.78. The highest BCUT2D eigenvalue weighted by molar-refractivity contribution is 5.84. The number of rotatable bonds is 8. The zero-order valence-electron chi connectivity index (χ0n) is 10.5. The lowest BCUT2D eigenvalue weighted by atomic mass is 9.95. The van der Waals surface area contributed by atoms with Gasteiger partial charge in [-0.05, 0) is 46.4 Å².